The zero-order chi connectivity index (χ0) is 17.6. The third-order valence-electron chi connectivity index (χ3n) is 4.83. The smallest absolute Gasteiger partial charge is 0.260 e. The fraction of sp³-hybridized carbons (Fsp3) is 0.300. The first-order valence-corrected chi connectivity index (χ1v) is 8.56. The van der Waals surface area contributed by atoms with Gasteiger partial charge in [-0.2, -0.15) is 0 Å². The van der Waals surface area contributed by atoms with Crippen molar-refractivity contribution in [1.29, 1.82) is 0 Å². The molecule has 0 atom stereocenters. The van der Waals surface area contributed by atoms with Crippen LogP contribution in [0.1, 0.15) is 41.4 Å². The number of fused-ring (bicyclic) bond motifs is 2. The van der Waals surface area contributed by atoms with Crippen molar-refractivity contribution in [3.63, 3.8) is 0 Å². The van der Waals surface area contributed by atoms with Crippen LogP contribution in [0.25, 0.3) is 5.52 Å². The molecule has 0 fully saturated rings. The maximum atomic E-state index is 13.3. The van der Waals surface area contributed by atoms with Crippen LogP contribution in [0.3, 0.4) is 0 Å². The molecule has 0 N–H and O–H groups in total. The SMILES string of the molecule is Cc1c(C(=O)N2CCOc3ccc(C(C)C)cc32)ccc2cncn12. The molecule has 4 rings (SSSR count). The Bertz CT molecular complexity index is 959. The number of aryl methyl sites for hydroxylation is 1. The molecule has 0 aliphatic carbocycles. The highest BCUT2D eigenvalue weighted by Crippen LogP contribution is 2.35. The summed E-state index contributed by atoms with van der Waals surface area (Å²) in [6.45, 7) is 7.30. The molecule has 0 radical (unpaired) electrons. The van der Waals surface area contributed by atoms with E-state index in [0.29, 0.717) is 24.6 Å². The van der Waals surface area contributed by atoms with E-state index in [0.717, 1.165) is 22.6 Å². The number of anilines is 1. The molecule has 1 aliphatic rings. The molecule has 0 unspecified atom stereocenters. The third kappa shape index (κ3) is 2.56. The molecule has 3 aromatic rings. The van der Waals surface area contributed by atoms with E-state index in [1.54, 1.807) is 12.5 Å². The number of imidazole rings is 1. The van der Waals surface area contributed by atoms with Crippen molar-refractivity contribution >= 4 is 17.1 Å². The second-order valence-electron chi connectivity index (χ2n) is 6.71. The molecule has 0 bridgehead atoms. The van der Waals surface area contributed by atoms with Crippen LogP contribution in [0.15, 0.2) is 42.9 Å². The Labute approximate surface area is 146 Å². The van der Waals surface area contributed by atoms with Gasteiger partial charge in [-0.05, 0) is 42.7 Å². The van der Waals surface area contributed by atoms with E-state index in [1.165, 1.54) is 5.56 Å². The van der Waals surface area contributed by atoms with Gasteiger partial charge < -0.3 is 14.0 Å². The summed E-state index contributed by atoms with van der Waals surface area (Å²) < 4.78 is 7.70. The lowest BCUT2D eigenvalue weighted by Gasteiger charge is -2.30. The summed E-state index contributed by atoms with van der Waals surface area (Å²) >= 11 is 0. The van der Waals surface area contributed by atoms with Crippen molar-refractivity contribution in [1.82, 2.24) is 9.38 Å². The largest absolute Gasteiger partial charge is 0.490 e. The Morgan fingerprint density at radius 2 is 2.08 bits per heavy atom. The van der Waals surface area contributed by atoms with E-state index in [9.17, 15) is 4.79 Å². The summed E-state index contributed by atoms with van der Waals surface area (Å²) in [5.74, 6) is 1.16. The summed E-state index contributed by atoms with van der Waals surface area (Å²) in [6.07, 6.45) is 3.53. The minimum Gasteiger partial charge on any atom is -0.490 e. The second-order valence-corrected chi connectivity index (χ2v) is 6.71. The molecule has 0 saturated carbocycles. The number of nitrogens with zero attached hydrogens (tertiary/aromatic N) is 3. The van der Waals surface area contributed by atoms with Gasteiger partial charge in [-0.15, -0.1) is 0 Å². The monoisotopic (exact) mass is 335 g/mol. The average Bonchev–Trinajstić information content (AvgIpc) is 3.10. The van der Waals surface area contributed by atoms with E-state index in [1.807, 2.05) is 34.4 Å². The van der Waals surface area contributed by atoms with Gasteiger partial charge in [-0.25, -0.2) is 4.98 Å². The summed E-state index contributed by atoms with van der Waals surface area (Å²) in [5, 5.41) is 0. The fourth-order valence-electron chi connectivity index (χ4n) is 3.30. The Morgan fingerprint density at radius 3 is 2.88 bits per heavy atom. The molecule has 1 aromatic carbocycles. The van der Waals surface area contributed by atoms with E-state index < -0.39 is 0 Å². The van der Waals surface area contributed by atoms with Crippen molar-refractivity contribution < 1.29 is 9.53 Å². The lowest BCUT2D eigenvalue weighted by atomic mass is 10.0. The maximum Gasteiger partial charge on any atom is 0.260 e. The van der Waals surface area contributed by atoms with Crippen molar-refractivity contribution in [3.05, 3.63) is 59.7 Å². The van der Waals surface area contributed by atoms with E-state index in [4.69, 9.17) is 4.74 Å². The van der Waals surface area contributed by atoms with Crippen LogP contribution >= 0.6 is 0 Å². The average molecular weight is 335 g/mol. The van der Waals surface area contributed by atoms with E-state index in [-0.39, 0.29) is 5.91 Å². The number of benzene rings is 1. The molecule has 1 aliphatic heterocycles. The zero-order valence-corrected chi connectivity index (χ0v) is 14.7. The van der Waals surface area contributed by atoms with Crippen molar-refractivity contribution in [2.75, 3.05) is 18.1 Å². The third-order valence-corrected chi connectivity index (χ3v) is 4.83. The lowest BCUT2D eigenvalue weighted by molar-refractivity contribution is 0.0975. The topological polar surface area (TPSA) is 46.8 Å². The predicted octanol–water partition coefficient (Wildman–Crippen LogP) is 3.81. The van der Waals surface area contributed by atoms with Gasteiger partial charge in [0.15, 0.2) is 0 Å². The van der Waals surface area contributed by atoms with E-state index >= 15 is 0 Å². The Kier molecular flexibility index (Phi) is 3.71. The van der Waals surface area contributed by atoms with Crippen molar-refractivity contribution in [2.24, 2.45) is 0 Å². The summed E-state index contributed by atoms with van der Waals surface area (Å²) in [6, 6.07) is 9.92. The molecule has 128 valence electrons. The predicted molar refractivity (Wildman–Crippen MR) is 97.6 cm³/mol. The molecular weight excluding hydrogens is 314 g/mol. The summed E-state index contributed by atoms with van der Waals surface area (Å²) in [4.78, 5) is 19.3. The first kappa shape index (κ1) is 15.7. The summed E-state index contributed by atoms with van der Waals surface area (Å²) in [7, 11) is 0. The molecule has 5 heteroatoms. The Morgan fingerprint density at radius 1 is 1.24 bits per heavy atom. The van der Waals surface area contributed by atoms with Crippen LogP contribution in [0, 0.1) is 6.92 Å². The fourth-order valence-corrected chi connectivity index (χ4v) is 3.30. The van der Waals surface area contributed by atoms with E-state index in [2.05, 4.69) is 31.0 Å². The highest BCUT2D eigenvalue weighted by molar-refractivity contribution is 6.08. The first-order valence-electron chi connectivity index (χ1n) is 8.56. The number of amides is 1. The van der Waals surface area contributed by atoms with Crippen LogP contribution in [0.2, 0.25) is 0 Å². The van der Waals surface area contributed by atoms with Gasteiger partial charge in [0.25, 0.3) is 5.91 Å². The van der Waals surface area contributed by atoms with Gasteiger partial charge in [0.2, 0.25) is 0 Å². The minimum atomic E-state index is -0.00134. The second kappa shape index (κ2) is 5.92. The van der Waals surface area contributed by atoms with Crippen LogP contribution in [-0.4, -0.2) is 28.4 Å². The van der Waals surface area contributed by atoms with Crippen LogP contribution in [0.4, 0.5) is 5.69 Å². The van der Waals surface area contributed by atoms with Crippen LogP contribution in [-0.2, 0) is 0 Å². The maximum absolute atomic E-state index is 13.3. The molecule has 3 heterocycles. The number of carbonyl (C=O) groups is 1. The number of hydrogen-bond donors (Lipinski definition) is 0. The van der Waals surface area contributed by atoms with Gasteiger partial charge in [-0.3, -0.25) is 4.79 Å². The van der Waals surface area contributed by atoms with Crippen molar-refractivity contribution in [2.45, 2.75) is 26.7 Å². The Hall–Kier alpha value is -2.82. The highest BCUT2D eigenvalue weighted by Gasteiger charge is 2.26. The number of rotatable bonds is 2. The van der Waals surface area contributed by atoms with Gasteiger partial charge in [-0.1, -0.05) is 19.9 Å². The van der Waals surface area contributed by atoms with Gasteiger partial charge >= 0.3 is 0 Å². The normalized spacial score (nSPS) is 13.8. The highest BCUT2D eigenvalue weighted by atomic mass is 16.5. The Balaban J connectivity index is 1.78. The van der Waals surface area contributed by atoms with Crippen molar-refractivity contribution in [3.8, 4) is 5.75 Å². The zero-order valence-electron chi connectivity index (χ0n) is 14.7. The number of pyridine rings is 1. The molecular formula is C20H21N3O2. The molecule has 0 spiro atoms. The number of carbonyl (C=O) groups excluding carboxylic acids is 1. The van der Waals surface area contributed by atoms with Gasteiger partial charge in [0.1, 0.15) is 12.4 Å². The molecule has 0 saturated heterocycles. The van der Waals surface area contributed by atoms with Crippen LogP contribution in [0.5, 0.6) is 5.75 Å². The van der Waals surface area contributed by atoms with Crippen LogP contribution < -0.4 is 9.64 Å². The van der Waals surface area contributed by atoms with Gasteiger partial charge in [0, 0.05) is 5.69 Å². The number of hydrogen-bond acceptors (Lipinski definition) is 3. The number of aromatic nitrogens is 2. The molecule has 1 amide bonds. The molecule has 5 nitrogen and oxygen atoms in total. The quantitative estimate of drug-likeness (QED) is 0.715. The molecule has 2 aromatic heterocycles. The lowest BCUT2D eigenvalue weighted by Crippen LogP contribution is -2.38. The minimum absolute atomic E-state index is 0.00134. The standard InChI is InChI=1S/C20H21N3O2/c1-13(2)15-4-7-19-18(10-15)22(8-9-25-19)20(24)17-6-5-16-11-21-12-23(16)14(17)3/h4-7,10-13H,8-9H2,1-3H3. The first-order chi connectivity index (χ1) is 12.1. The van der Waals surface area contributed by atoms with Gasteiger partial charge in [0.05, 0.1) is 35.8 Å². The number of ether oxygens (including phenoxy) is 1. The molecule has 25 heavy (non-hydrogen) atoms. The summed E-state index contributed by atoms with van der Waals surface area (Å²) in [5.41, 5.74) is 4.62.